The van der Waals surface area contributed by atoms with Gasteiger partial charge in [0.25, 0.3) is 0 Å². The van der Waals surface area contributed by atoms with Gasteiger partial charge in [-0.25, -0.2) is 9.78 Å². The number of rotatable bonds is 5. The Morgan fingerprint density at radius 1 is 1.26 bits per heavy atom. The maximum absolute atomic E-state index is 13.4. The number of carbonyl (C=O) groups is 1. The van der Waals surface area contributed by atoms with Crippen LogP contribution in [0.4, 0.5) is 13.2 Å². The van der Waals surface area contributed by atoms with Gasteiger partial charge < -0.3 is 14.8 Å². The first-order valence-electron chi connectivity index (χ1n) is 8.56. The van der Waals surface area contributed by atoms with Gasteiger partial charge in [-0.3, -0.25) is 0 Å². The molecule has 5 nitrogen and oxygen atoms in total. The smallest absolute Gasteiger partial charge is 0.426 e. The predicted molar refractivity (Wildman–Crippen MR) is 91.4 cm³/mol. The monoisotopic (exact) mass is 380 g/mol. The van der Waals surface area contributed by atoms with E-state index in [1.807, 2.05) is 0 Å². The summed E-state index contributed by atoms with van der Waals surface area (Å²) >= 11 is 0. The lowest BCUT2D eigenvalue weighted by molar-refractivity contribution is -0.206. The first-order valence-corrected chi connectivity index (χ1v) is 8.56. The second kappa shape index (κ2) is 7.96. The Hall–Kier alpha value is -2.61. The summed E-state index contributed by atoms with van der Waals surface area (Å²) in [6.07, 6.45) is -6.29. The standard InChI is InChI=1S/C19H19F3N2O3/c1-2-26-18(25)14-8-5-7-13(24-14)11-23-15-10-12-6-3-4-9-16(12)27-17(15)19(20,21)22/h3-9,15,17,23H,2,10-11H2,1H3/t15-,17-/m1/s1. The predicted octanol–water partition coefficient (Wildman–Crippen LogP) is 3.28. The molecule has 27 heavy (non-hydrogen) atoms. The van der Waals surface area contributed by atoms with Crippen LogP contribution in [0.5, 0.6) is 5.75 Å². The third-order valence-corrected chi connectivity index (χ3v) is 4.19. The summed E-state index contributed by atoms with van der Waals surface area (Å²) in [6, 6.07) is 10.5. The third kappa shape index (κ3) is 4.57. The zero-order valence-electron chi connectivity index (χ0n) is 14.6. The van der Waals surface area contributed by atoms with E-state index in [1.165, 1.54) is 12.1 Å². The summed E-state index contributed by atoms with van der Waals surface area (Å²) in [6.45, 7) is 1.96. The number of benzene rings is 1. The van der Waals surface area contributed by atoms with Crippen LogP contribution in [-0.4, -0.2) is 35.9 Å². The zero-order valence-corrected chi connectivity index (χ0v) is 14.6. The molecule has 1 aliphatic heterocycles. The molecule has 1 aromatic carbocycles. The Bertz CT molecular complexity index is 811. The molecule has 144 valence electrons. The molecule has 0 unspecified atom stereocenters. The van der Waals surface area contributed by atoms with Gasteiger partial charge in [-0.1, -0.05) is 24.3 Å². The number of pyridine rings is 1. The Morgan fingerprint density at radius 2 is 2.04 bits per heavy atom. The molecule has 2 aromatic rings. The van der Waals surface area contributed by atoms with E-state index >= 15 is 0 Å². The molecule has 0 bridgehead atoms. The van der Waals surface area contributed by atoms with Crippen LogP contribution in [0.3, 0.4) is 0 Å². The minimum absolute atomic E-state index is 0.0655. The normalized spacial score (nSPS) is 19.1. The fourth-order valence-corrected chi connectivity index (χ4v) is 2.96. The van der Waals surface area contributed by atoms with Crippen LogP contribution in [0.1, 0.15) is 28.7 Å². The van der Waals surface area contributed by atoms with Crippen LogP contribution in [0.15, 0.2) is 42.5 Å². The Balaban J connectivity index is 1.74. The van der Waals surface area contributed by atoms with Gasteiger partial charge in [0.2, 0.25) is 6.10 Å². The molecule has 1 aliphatic rings. The molecule has 3 rings (SSSR count). The van der Waals surface area contributed by atoms with Crippen LogP contribution in [0, 0.1) is 0 Å². The van der Waals surface area contributed by atoms with Crippen molar-refractivity contribution in [2.24, 2.45) is 0 Å². The summed E-state index contributed by atoms with van der Waals surface area (Å²) in [5, 5.41) is 2.87. The topological polar surface area (TPSA) is 60.5 Å². The van der Waals surface area contributed by atoms with Gasteiger partial charge >= 0.3 is 12.1 Å². The van der Waals surface area contributed by atoms with Gasteiger partial charge in [0, 0.05) is 6.54 Å². The number of fused-ring (bicyclic) bond motifs is 1. The number of nitrogens with one attached hydrogen (secondary N) is 1. The van der Waals surface area contributed by atoms with Crippen LogP contribution in [-0.2, 0) is 17.7 Å². The first-order chi connectivity index (χ1) is 12.9. The van der Waals surface area contributed by atoms with Crippen molar-refractivity contribution >= 4 is 5.97 Å². The number of halogens is 3. The summed E-state index contributed by atoms with van der Waals surface area (Å²) in [7, 11) is 0. The molecule has 0 fully saturated rings. The molecule has 0 amide bonds. The number of esters is 1. The van der Waals surface area contributed by atoms with Gasteiger partial charge in [0.1, 0.15) is 11.4 Å². The van der Waals surface area contributed by atoms with E-state index in [1.54, 1.807) is 37.3 Å². The van der Waals surface area contributed by atoms with E-state index < -0.39 is 24.3 Å². The molecule has 8 heteroatoms. The maximum atomic E-state index is 13.4. The molecule has 2 heterocycles. The molecule has 0 radical (unpaired) electrons. The quantitative estimate of drug-likeness (QED) is 0.807. The summed E-state index contributed by atoms with van der Waals surface area (Å²) in [4.78, 5) is 15.9. The van der Waals surface area contributed by atoms with Gasteiger partial charge in [-0.2, -0.15) is 13.2 Å². The van der Waals surface area contributed by atoms with E-state index in [0.717, 1.165) is 0 Å². The lowest BCUT2D eigenvalue weighted by Crippen LogP contribution is -2.54. The second-order valence-corrected chi connectivity index (χ2v) is 6.11. The molecule has 1 aromatic heterocycles. The largest absolute Gasteiger partial charge is 0.479 e. The number of hydrogen-bond acceptors (Lipinski definition) is 5. The number of aromatic nitrogens is 1. The Morgan fingerprint density at radius 3 is 2.78 bits per heavy atom. The average Bonchev–Trinajstić information content (AvgIpc) is 2.65. The molecule has 0 spiro atoms. The third-order valence-electron chi connectivity index (χ3n) is 4.19. The van der Waals surface area contributed by atoms with Crippen LogP contribution in [0.2, 0.25) is 0 Å². The number of ether oxygens (including phenoxy) is 2. The van der Waals surface area contributed by atoms with E-state index in [-0.39, 0.29) is 31.0 Å². The van der Waals surface area contributed by atoms with E-state index in [4.69, 9.17) is 9.47 Å². The zero-order chi connectivity index (χ0) is 19.4. The lowest BCUT2D eigenvalue weighted by Gasteiger charge is -2.35. The molecule has 1 N–H and O–H groups in total. The van der Waals surface area contributed by atoms with Crippen LogP contribution >= 0.6 is 0 Å². The molecule has 0 saturated carbocycles. The van der Waals surface area contributed by atoms with Crippen LogP contribution < -0.4 is 10.1 Å². The van der Waals surface area contributed by atoms with Gasteiger partial charge in [-0.05, 0) is 37.1 Å². The number of alkyl halides is 3. The SMILES string of the molecule is CCOC(=O)c1cccc(CN[C@@H]2Cc3ccccc3O[C@H]2C(F)(F)F)n1. The number of nitrogens with zero attached hydrogens (tertiary/aromatic N) is 1. The fourth-order valence-electron chi connectivity index (χ4n) is 2.96. The highest BCUT2D eigenvalue weighted by atomic mass is 19.4. The highest BCUT2D eigenvalue weighted by Crippen LogP contribution is 2.35. The summed E-state index contributed by atoms with van der Waals surface area (Å²) in [5.74, 6) is -0.317. The summed E-state index contributed by atoms with van der Waals surface area (Å²) in [5.41, 5.74) is 1.28. The molecular weight excluding hydrogens is 361 g/mol. The van der Waals surface area contributed by atoms with Crippen molar-refractivity contribution in [3.63, 3.8) is 0 Å². The van der Waals surface area contributed by atoms with Crippen molar-refractivity contribution in [2.45, 2.75) is 38.2 Å². The number of para-hydroxylation sites is 1. The van der Waals surface area contributed by atoms with Crippen molar-refractivity contribution in [2.75, 3.05) is 6.61 Å². The number of carbonyl (C=O) groups excluding carboxylic acids is 1. The highest BCUT2D eigenvalue weighted by Gasteiger charge is 2.49. The van der Waals surface area contributed by atoms with E-state index in [9.17, 15) is 18.0 Å². The van der Waals surface area contributed by atoms with Gasteiger partial charge in [-0.15, -0.1) is 0 Å². The average molecular weight is 380 g/mol. The second-order valence-electron chi connectivity index (χ2n) is 6.11. The fraction of sp³-hybridized carbons (Fsp3) is 0.368. The van der Waals surface area contributed by atoms with Crippen molar-refractivity contribution in [3.8, 4) is 5.75 Å². The van der Waals surface area contributed by atoms with Crippen molar-refractivity contribution in [1.82, 2.24) is 10.3 Å². The van der Waals surface area contributed by atoms with Crippen molar-refractivity contribution < 1.29 is 27.4 Å². The number of hydrogen-bond donors (Lipinski definition) is 1. The van der Waals surface area contributed by atoms with E-state index in [0.29, 0.717) is 11.3 Å². The van der Waals surface area contributed by atoms with Gasteiger partial charge in [0.05, 0.1) is 18.3 Å². The Labute approximate surface area is 154 Å². The highest BCUT2D eigenvalue weighted by molar-refractivity contribution is 5.87. The maximum Gasteiger partial charge on any atom is 0.426 e. The van der Waals surface area contributed by atoms with Gasteiger partial charge in [0.15, 0.2) is 0 Å². The van der Waals surface area contributed by atoms with Crippen molar-refractivity contribution in [3.05, 3.63) is 59.4 Å². The summed E-state index contributed by atoms with van der Waals surface area (Å²) < 4.78 is 50.4. The molecular formula is C19H19F3N2O3. The molecule has 2 atom stereocenters. The molecule has 0 aliphatic carbocycles. The minimum Gasteiger partial charge on any atom is -0.479 e. The lowest BCUT2D eigenvalue weighted by atomic mass is 9.96. The first kappa shape index (κ1) is 19.2. The minimum atomic E-state index is -4.51. The van der Waals surface area contributed by atoms with Crippen LogP contribution in [0.25, 0.3) is 0 Å². The molecule has 0 saturated heterocycles. The van der Waals surface area contributed by atoms with E-state index in [2.05, 4.69) is 10.3 Å². The Kier molecular flexibility index (Phi) is 5.65. The van der Waals surface area contributed by atoms with Crippen molar-refractivity contribution in [1.29, 1.82) is 0 Å².